The highest BCUT2D eigenvalue weighted by Crippen LogP contribution is 2.21. The highest BCUT2D eigenvalue weighted by atomic mass is 16.5. The lowest BCUT2D eigenvalue weighted by Crippen LogP contribution is -2.13. The van der Waals surface area contributed by atoms with Crippen LogP contribution in [-0.4, -0.2) is 19.7 Å². The maximum Gasteiger partial charge on any atom is 0.277 e. The number of hydrogen-bond acceptors (Lipinski definition) is 5. The zero-order valence-corrected chi connectivity index (χ0v) is 9.54. The van der Waals surface area contributed by atoms with Gasteiger partial charge in [-0.2, -0.15) is 5.10 Å². The monoisotopic (exact) mass is 235 g/mol. The van der Waals surface area contributed by atoms with Crippen molar-refractivity contribution in [3.05, 3.63) is 29.1 Å². The van der Waals surface area contributed by atoms with Crippen molar-refractivity contribution in [2.45, 2.75) is 19.9 Å². The molecule has 0 bridgehead atoms. The number of nitrogen functional groups attached to an aromatic ring is 1. The maximum absolute atomic E-state index is 11.2. The molecular weight excluding hydrogens is 222 g/mol. The summed E-state index contributed by atoms with van der Waals surface area (Å²) in [7, 11) is 0. The van der Waals surface area contributed by atoms with Crippen molar-refractivity contribution in [1.29, 1.82) is 0 Å². The summed E-state index contributed by atoms with van der Waals surface area (Å²) in [5.41, 5.74) is 5.06. The third-order valence-corrected chi connectivity index (χ3v) is 2.17. The minimum absolute atomic E-state index is 0.0511. The lowest BCUT2D eigenvalue weighted by molar-refractivity contribution is 0.459. The second-order valence-electron chi connectivity index (χ2n) is 3.80. The molecule has 0 aliphatic carbocycles. The Morgan fingerprint density at radius 2 is 2.29 bits per heavy atom. The fourth-order valence-electron chi connectivity index (χ4n) is 1.24. The Morgan fingerprint density at radius 3 is 2.94 bits per heavy atom. The maximum atomic E-state index is 11.2. The van der Waals surface area contributed by atoms with Crippen LogP contribution in [0.1, 0.15) is 19.9 Å². The molecule has 0 spiro atoms. The Hall–Kier alpha value is -2.31. The van der Waals surface area contributed by atoms with E-state index in [0.29, 0.717) is 5.75 Å². The number of anilines is 1. The molecule has 0 aliphatic heterocycles. The molecule has 0 aliphatic rings. The van der Waals surface area contributed by atoms with Gasteiger partial charge in [0.2, 0.25) is 5.88 Å². The van der Waals surface area contributed by atoms with Crippen LogP contribution in [0.3, 0.4) is 0 Å². The zero-order valence-electron chi connectivity index (χ0n) is 9.54. The summed E-state index contributed by atoms with van der Waals surface area (Å²) in [6.07, 6.45) is 4.50. The van der Waals surface area contributed by atoms with Crippen LogP contribution >= 0.6 is 0 Å². The largest absolute Gasteiger partial charge is 0.434 e. The van der Waals surface area contributed by atoms with E-state index in [1.165, 1.54) is 6.33 Å². The normalized spacial score (nSPS) is 10.8. The fourth-order valence-corrected chi connectivity index (χ4v) is 1.24. The van der Waals surface area contributed by atoms with E-state index in [1.54, 1.807) is 17.1 Å². The van der Waals surface area contributed by atoms with Crippen molar-refractivity contribution in [2.24, 2.45) is 0 Å². The summed E-state index contributed by atoms with van der Waals surface area (Å²) in [6.45, 7) is 3.99. The molecule has 0 aromatic carbocycles. The zero-order chi connectivity index (χ0) is 12.4. The van der Waals surface area contributed by atoms with Gasteiger partial charge in [-0.1, -0.05) is 0 Å². The molecule has 3 N–H and O–H groups in total. The molecule has 0 radical (unpaired) electrons. The molecule has 7 nitrogen and oxygen atoms in total. The highest BCUT2D eigenvalue weighted by Gasteiger charge is 2.09. The van der Waals surface area contributed by atoms with Gasteiger partial charge in [-0.15, -0.1) is 0 Å². The van der Waals surface area contributed by atoms with Gasteiger partial charge in [0.1, 0.15) is 0 Å². The predicted molar refractivity (Wildman–Crippen MR) is 62.0 cm³/mol. The summed E-state index contributed by atoms with van der Waals surface area (Å²) in [4.78, 5) is 17.4. The number of H-pyrrole nitrogens is 1. The summed E-state index contributed by atoms with van der Waals surface area (Å²) in [6, 6.07) is 0.233. The van der Waals surface area contributed by atoms with Gasteiger partial charge in [-0.3, -0.25) is 9.48 Å². The Labute approximate surface area is 97.2 Å². The van der Waals surface area contributed by atoms with E-state index in [0.717, 1.165) is 0 Å². The second kappa shape index (κ2) is 4.28. The first-order valence-electron chi connectivity index (χ1n) is 5.13. The topological polar surface area (TPSA) is 98.8 Å². The number of rotatable bonds is 3. The van der Waals surface area contributed by atoms with Gasteiger partial charge >= 0.3 is 0 Å². The number of aromatic nitrogens is 4. The Bertz CT molecular complexity index is 572. The summed E-state index contributed by atoms with van der Waals surface area (Å²) in [5, 5.41) is 4.10. The van der Waals surface area contributed by atoms with E-state index in [1.807, 2.05) is 13.8 Å². The van der Waals surface area contributed by atoms with E-state index >= 15 is 0 Å². The third kappa shape index (κ3) is 2.27. The van der Waals surface area contributed by atoms with Gasteiger partial charge in [-0.05, 0) is 13.8 Å². The molecule has 90 valence electrons. The Kier molecular flexibility index (Phi) is 2.82. The molecule has 2 heterocycles. The molecule has 0 unspecified atom stereocenters. The molecule has 0 amide bonds. The molecule has 2 aromatic rings. The van der Waals surface area contributed by atoms with Crippen LogP contribution in [0.15, 0.2) is 23.5 Å². The van der Waals surface area contributed by atoms with E-state index in [2.05, 4.69) is 15.1 Å². The number of nitrogens with two attached hydrogens (primary N) is 1. The first-order valence-corrected chi connectivity index (χ1v) is 5.13. The number of hydrogen-bond donors (Lipinski definition) is 2. The van der Waals surface area contributed by atoms with Gasteiger partial charge in [0.25, 0.3) is 5.56 Å². The smallest absolute Gasteiger partial charge is 0.277 e. The molecule has 0 saturated heterocycles. The van der Waals surface area contributed by atoms with Crippen LogP contribution < -0.4 is 16.0 Å². The van der Waals surface area contributed by atoms with E-state index in [-0.39, 0.29) is 17.6 Å². The minimum Gasteiger partial charge on any atom is -0.434 e. The molecular formula is C10H13N5O2. The van der Waals surface area contributed by atoms with Gasteiger partial charge in [0, 0.05) is 6.04 Å². The number of nitrogens with zero attached hydrogens (tertiary/aromatic N) is 3. The lowest BCUT2D eigenvalue weighted by Gasteiger charge is -2.04. The summed E-state index contributed by atoms with van der Waals surface area (Å²) < 4.78 is 7.12. The third-order valence-electron chi connectivity index (χ3n) is 2.17. The average Bonchev–Trinajstić information content (AvgIpc) is 2.73. The van der Waals surface area contributed by atoms with Crippen LogP contribution in [0.25, 0.3) is 0 Å². The molecule has 0 fully saturated rings. The Balaban J connectivity index is 2.25. The second-order valence-corrected chi connectivity index (χ2v) is 3.80. The number of aromatic amines is 1. The minimum atomic E-state index is -0.425. The van der Waals surface area contributed by atoms with Crippen LogP contribution in [0.5, 0.6) is 11.6 Å². The molecule has 2 aromatic heterocycles. The predicted octanol–water partition coefficient (Wildman–Crippen LogP) is 0.922. The molecule has 0 saturated carbocycles. The first kappa shape index (κ1) is 11.2. The van der Waals surface area contributed by atoms with Crippen LogP contribution in [-0.2, 0) is 0 Å². The van der Waals surface area contributed by atoms with E-state index in [9.17, 15) is 4.79 Å². The van der Waals surface area contributed by atoms with E-state index < -0.39 is 5.56 Å². The molecule has 2 rings (SSSR count). The molecule has 7 heteroatoms. The first-order chi connectivity index (χ1) is 8.08. The highest BCUT2D eigenvalue weighted by molar-refractivity contribution is 5.46. The SMILES string of the molecule is CC(C)n1cc(Oc2nc[nH]c(=O)c2N)cn1. The van der Waals surface area contributed by atoms with Gasteiger partial charge in [0.05, 0.1) is 18.7 Å². The van der Waals surface area contributed by atoms with Crippen LogP contribution in [0.4, 0.5) is 5.69 Å². The van der Waals surface area contributed by atoms with Gasteiger partial charge in [-0.25, -0.2) is 4.98 Å². The van der Waals surface area contributed by atoms with Gasteiger partial charge < -0.3 is 15.5 Å². The summed E-state index contributed by atoms with van der Waals surface area (Å²) >= 11 is 0. The van der Waals surface area contributed by atoms with Gasteiger partial charge in [0.15, 0.2) is 11.4 Å². The lowest BCUT2D eigenvalue weighted by atomic mass is 10.4. The van der Waals surface area contributed by atoms with Crippen molar-refractivity contribution in [3.8, 4) is 11.6 Å². The van der Waals surface area contributed by atoms with Crippen LogP contribution in [0, 0.1) is 0 Å². The Morgan fingerprint density at radius 1 is 1.53 bits per heavy atom. The fraction of sp³-hybridized carbons (Fsp3) is 0.300. The molecule has 0 atom stereocenters. The average molecular weight is 235 g/mol. The van der Waals surface area contributed by atoms with E-state index in [4.69, 9.17) is 10.5 Å². The van der Waals surface area contributed by atoms with Crippen molar-refractivity contribution in [3.63, 3.8) is 0 Å². The van der Waals surface area contributed by atoms with Crippen molar-refractivity contribution >= 4 is 5.69 Å². The molecule has 17 heavy (non-hydrogen) atoms. The summed E-state index contributed by atoms with van der Waals surface area (Å²) in [5.74, 6) is 0.570. The van der Waals surface area contributed by atoms with Crippen molar-refractivity contribution in [1.82, 2.24) is 19.7 Å². The number of ether oxygens (including phenoxy) is 1. The number of nitrogens with one attached hydrogen (secondary N) is 1. The van der Waals surface area contributed by atoms with Crippen molar-refractivity contribution in [2.75, 3.05) is 5.73 Å². The van der Waals surface area contributed by atoms with Crippen molar-refractivity contribution < 1.29 is 4.74 Å². The standard InChI is InChI=1S/C10H13N5O2/c1-6(2)15-4-7(3-14-15)17-10-8(11)9(16)12-5-13-10/h3-6H,11H2,1-2H3,(H,12,13,16). The quantitative estimate of drug-likeness (QED) is 0.824. The van der Waals surface area contributed by atoms with Crippen LogP contribution in [0.2, 0.25) is 0 Å².